The van der Waals surface area contributed by atoms with Gasteiger partial charge in [0.2, 0.25) is 0 Å². The van der Waals surface area contributed by atoms with Crippen LogP contribution in [-0.4, -0.2) is 27.2 Å². The Morgan fingerprint density at radius 2 is 2.05 bits per heavy atom. The molecule has 0 amide bonds. The molecule has 0 saturated heterocycles. The number of hydrogen-bond acceptors (Lipinski definition) is 4. The summed E-state index contributed by atoms with van der Waals surface area (Å²) in [7, 11) is -2.10. The predicted molar refractivity (Wildman–Crippen MR) is 76.9 cm³/mol. The van der Waals surface area contributed by atoms with E-state index in [0.29, 0.717) is 18.4 Å². The molecule has 0 radical (unpaired) electrons. The number of ether oxygens (including phenoxy) is 1. The van der Waals surface area contributed by atoms with Crippen molar-refractivity contribution in [1.82, 2.24) is 0 Å². The van der Waals surface area contributed by atoms with Gasteiger partial charge in [-0.2, -0.15) is 0 Å². The van der Waals surface area contributed by atoms with Gasteiger partial charge < -0.3 is 4.74 Å². The summed E-state index contributed by atoms with van der Waals surface area (Å²) >= 11 is 0. The Bertz CT molecular complexity index is 648. The van der Waals surface area contributed by atoms with Crippen molar-refractivity contribution in [2.75, 3.05) is 12.9 Å². The number of methoxy groups -OCH3 is 1. The summed E-state index contributed by atoms with van der Waals surface area (Å²) in [6, 6.07) is 4.14. The third-order valence-electron chi connectivity index (χ3n) is 3.92. The van der Waals surface area contributed by atoms with E-state index < -0.39 is 21.1 Å². The van der Waals surface area contributed by atoms with Crippen molar-refractivity contribution in [3.8, 4) is 0 Å². The molecule has 21 heavy (non-hydrogen) atoms. The molecule has 1 aliphatic rings. The minimum absolute atomic E-state index is 0.0505. The van der Waals surface area contributed by atoms with Crippen LogP contribution in [0.4, 0.5) is 4.39 Å². The highest BCUT2D eigenvalue weighted by Gasteiger charge is 2.47. The molecule has 0 N–H and O–H groups in total. The molecule has 6 heteroatoms. The lowest BCUT2D eigenvalue weighted by Crippen LogP contribution is -2.22. The summed E-state index contributed by atoms with van der Waals surface area (Å²) in [6.45, 7) is 1.76. The monoisotopic (exact) mass is 314 g/mol. The molecule has 1 aromatic carbocycles. The SMILES string of the molecule is COC(=O)CC1(CS(=O)(=O)Cc2cc(F)ccc2C)CC1. The Balaban J connectivity index is 2.09. The zero-order valence-corrected chi connectivity index (χ0v) is 13.0. The topological polar surface area (TPSA) is 60.4 Å². The summed E-state index contributed by atoms with van der Waals surface area (Å²) < 4.78 is 42.5. The molecule has 0 unspecified atom stereocenters. The maximum Gasteiger partial charge on any atom is 0.306 e. The number of carbonyl (C=O) groups is 1. The van der Waals surface area contributed by atoms with E-state index in [9.17, 15) is 17.6 Å². The van der Waals surface area contributed by atoms with Crippen LogP contribution < -0.4 is 0 Å². The van der Waals surface area contributed by atoms with Crippen LogP contribution in [0.25, 0.3) is 0 Å². The molecule has 0 heterocycles. The summed E-state index contributed by atoms with van der Waals surface area (Å²) in [6.07, 6.45) is 1.55. The Morgan fingerprint density at radius 1 is 1.38 bits per heavy atom. The second-order valence-electron chi connectivity index (χ2n) is 5.86. The molecule has 116 valence electrons. The van der Waals surface area contributed by atoms with Crippen molar-refractivity contribution in [1.29, 1.82) is 0 Å². The third kappa shape index (κ3) is 4.27. The minimum atomic E-state index is -3.40. The van der Waals surface area contributed by atoms with Gasteiger partial charge in [0.25, 0.3) is 0 Å². The molecular weight excluding hydrogens is 295 g/mol. The molecule has 1 saturated carbocycles. The second-order valence-corrected chi connectivity index (χ2v) is 7.92. The molecule has 1 fully saturated rings. The molecule has 1 aliphatic carbocycles. The number of benzene rings is 1. The third-order valence-corrected chi connectivity index (χ3v) is 5.72. The van der Waals surface area contributed by atoms with Crippen LogP contribution in [-0.2, 0) is 25.1 Å². The number of rotatable bonds is 6. The van der Waals surface area contributed by atoms with Gasteiger partial charge in [0.15, 0.2) is 9.84 Å². The molecular formula is C15H19FO4S. The van der Waals surface area contributed by atoms with Gasteiger partial charge in [0, 0.05) is 0 Å². The van der Waals surface area contributed by atoms with Crippen LogP contribution in [0.5, 0.6) is 0 Å². The van der Waals surface area contributed by atoms with E-state index in [4.69, 9.17) is 0 Å². The molecule has 4 nitrogen and oxygen atoms in total. The van der Waals surface area contributed by atoms with Crippen molar-refractivity contribution in [2.24, 2.45) is 5.41 Å². The number of halogens is 1. The van der Waals surface area contributed by atoms with Crippen LogP contribution in [0.1, 0.15) is 30.4 Å². The van der Waals surface area contributed by atoms with Crippen molar-refractivity contribution in [3.63, 3.8) is 0 Å². The second kappa shape index (κ2) is 5.75. The molecule has 0 aromatic heterocycles. The minimum Gasteiger partial charge on any atom is -0.469 e. The van der Waals surface area contributed by atoms with Gasteiger partial charge in [-0.15, -0.1) is 0 Å². The first-order valence-electron chi connectivity index (χ1n) is 6.78. The standard InChI is InChI=1S/C15H19FO4S/c1-11-3-4-13(16)7-12(11)9-21(18,19)10-15(5-6-15)8-14(17)20-2/h3-4,7H,5-6,8-10H2,1-2H3. The Morgan fingerprint density at radius 3 is 2.62 bits per heavy atom. The van der Waals surface area contributed by atoms with Crippen LogP contribution in [0.15, 0.2) is 18.2 Å². The van der Waals surface area contributed by atoms with Crippen LogP contribution in [0.3, 0.4) is 0 Å². The van der Waals surface area contributed by atoms with E-state index in [2.05, 4.69) is 4.74 Å². The average molecular weight is 314 g/mol. The van der Waals surface area contributed by atoms with Crippen molar-refractivity contribution >= 4 is 15.8 Å². The maximum atomic E-state index is 13.2. The Kier molecular flexibility index (Phi) is 4.37. The molecule has 2 rings (SSSR count). The molecule has 0 atom stereocenters. The van der Waals surface area contributed by atoms with Gasteiger partial charge in [-0.1, -0.05) is 6.07 Å². The van der Waals surface area contributed by atoms with Crippen LogP contribution in [0, 0.1) is 18.2 Å². The summed E-state index contributed by atoms with van der Waals surface area (Å²) in [5.74, 6) is -1.07. The molecule has 0 spiro atoms. The summed E-state index contributed by atoms with van der Waals surface area (Å²) in [5, 5.41) is 0. The fourth-order valence-corrected chi connectivity index (χ4v) is 4.69. The van der Waals surface area contributed by atoms with Gasteiger partial charge >= 0.3 is 5.97 Å². The first-order valence-corrected chi connectivity index (χ1v) is 8.60. The van der Waals surface area contributed by atoms with Crippen molar-refractivity contribution < 1.29 is 22.3 Å². The van der Waals surface area contributed by atoms with Gasteiger partial charge in [-0.25, -0.2) is 12.8 Å². The number of aryl methyl sites for hydroxylation is 1. The van der Waals surface area contributed by atoms with Crippen LogP contribution >= 0.6 is 0 Å². The Labute approximate surface area is 124 Å². The van der Waals surface area contributed by atoms with Crippen LogP contribution in [0.2, 0.25) is 0 Å². The fraction of sp³-hybridized carbons (Fsp3) is 0.533. The fourth-order valence-electron chi connectivity index (χ4n) is 2.48. The summed E-state index contributed by atoms with van der Waals surface area (Å²) in [5.41, 5.74) is 0.745. The normalized spacial score (nSPS) is 16.5. The lowest BCUT2D eigenvalue weighted by Gasteiger charge is -2.14. The number of carbonyl (C=O) groups excluding carboxylic acids is 1. The first kappa shape index (κ1) is 15.9. The van der Waals surface area contributed by atoms with E-state index in [0.717, 1.165) is 5.56 Å². The van der Waals surface area contributed by atoms with E-state index in [-0.39, 0.29) is 23.9 Å². The van der Waals surface area contributed by atoms with E-state index >= 15 is 0 Å². The highest BCUT2D eigenvalue weighted by Crippen LogP contribution is 2.50. The first-order chi connectivity index (χ1) is 9.75. The lowest BCUT2D eigenvalue weighted by atomic mass is 10.1. The molecule has 0 bridgehead atoms. The Hall–Kier alpha value is -1.43. The van der Waals surface area contributed by atoms with E-state index in [1.54, 1.807) is 13.0 Å². The number of esters is 1. The molecule has 0 aliphatic heterocycles. The van der Waals surface area contributed by atoms with Gasteiger partial charge in [-0.05, 0) is 48.4 Å². The van der Waals surface area contributed by atoms with E-state index in [1.807, 2.05) is 0 Å². The number of sulfone groups is 1. The smallest absolute Gasteiger partial charge is 0.306 e. The summed E-state index contributed by atoms with van der Waals surface area (Å²) in [4.78, 5) is 11.3. The maximum absolute atomic E-state index is 13.2. The van der Waals surface area contributed by atoms with Gasteiger partial charge in [0.05, 0.1) is 25.0 Å². The van der Waals surface area contributed by atoms with Gasteiger partial charge in [0.1, 0.15) is 5.82 Å². The van der Waals surface area contributed by atoms with Crippen molar-refractivity contribution in [3.05, 3.63) is 35.1 Å². The zero-order valence-electron chi connectivity index (χ0n) is 12.2. The highest BCUT2D eigenvalue weighted by molar-refractivity contribution is 7.90. The van der Waals surface area contributed by atoms with Gasteiger partial charge in [-0.3, -0.25) is 4.79 Å². The van der Waals surface area contributed by atoms with E-state index in [1.165, 1.54) is 19.2 Å². The predicted octanol–water partition coefficient (Wildman–Crippen LogP) is 2.39. The zero-order chi connectivity index (χ0) is 15.7. The lowest BCUT2D eigenvalue weighted by molar-refractivity contribution is -0.141. The molecule has 1 aromatic rings. The average Bonchev–Trinajstić information content (AvgIpc) is 3.11. The largest absolute Gasteiger partial charge is 0.469 e. The highest BCUT2D eigenvalue weighted by atomic mass is 32.2. The quantitative estimate of drug-likeness (QED) is 0.757. The van der Waals surface area contributed by atoms with Crippen molar-refractivity contribution in [2.45, 2.75) is 31.9 Å². The number of hydrogen-bond donors (Lipinski definition) is 0.